The van der Waals surface area contributed by atoms with E-state index in [1.807, 2.05) is 12.1 Å². The predicted molar refractivity (Wildman–Crippen MR) is 136 cm³/mol. The Bertz CT molecular complexity index is 1080. The molecule has 2 aromatic rings. The van der Waals surface area contributed by atoms with Crippen LogP contribution in [-0.2, 0) is 9.53 Å². The summed E-state index contributed by atoms with van der Waals surface area (Å²) in [4.78, 5) is 39.6. The zero-order valence-corrected chi connectivity index (χ0v) is 21.0. The number of hydrogen-bond donors (Lipinski definition) is 3. The van der Waals surface area contributed by atoms with Crippen molar-refractivity contribution in [2.75, 3.05) is 26.7 Å². The molecule has 0 radical (unpaired) electrons. The van der Waals surface area contributed by atoms with Crippen LogP contribution in [0.15, 0.2) is 48.5 Å². The monoisotopic (exact) mass is 511 g/mol. The van der Waals surface area contributed by atoms with E-state index in [4.69, 9.17) is 4.74 Å². The van der Waals surface area contributed by atoms with Crippen LogP contribution in [0.4, 0.5) is 4.39 Å². The Labute approximate surface area is 216 Å². The zero-order valence-electron chi connectivity index (χ0n) is 21.0. The van der Waals surface area contributed by atoms with E-state index in [1.54, 1.807) is 4.90 Å². The van der Waals surface area contributed by atoms with Crippen LogP contribution in [0.2, 0.25) is 0 Å². The van der Waals surface area contributed by atoms with Gasteiger partial charge in [-0.25, -0.2) is 9.18 Å². The molecule has 0 unspecified atom stereocenters. The minimum absolute atomic E-state index is 0.151. The summed E-state index contributed by atoms with van der Waals surface area (Å²) in [5.41, 5.74) is 1.80. The number of carbonyl (C=O) groups excluding carboxylic acids is 3. The summed E-state index contributed by atoms with van der Waals surface area (Å²) < 4.78 is 17.9. The lowest BCUT2D eigenvalue weighted by molar-refractivity contribution is -0.135. The number of aliphatic hydroxyl groups excluding tert-OH is 1. The molecule has 1 heterocycles. The molecule has 2 aliphatic rings. The van der Waals surface area contributed by atoms with Gasteiger partial charge in [-0.15, -0.1) is 0 Å². The maximum atomic E-state index is 13.3. The van der Waals surface area contributed by atoms with Gasteiger partial charge in [0.2, 0.25) is 5.91 Å². The first-order valence-corrected chi connectivity index (χ1v) is 12.8. The molecule has 1 aliphatic carbocycles. The molecular weight excluding hydrogens is 477 g/mol. The fourth-order valence-electron chi connectivity index (χ4n) is 4.77. The van der Waals surface area contributed by atoms with Crippen LogP contribution < -0.4 is 10.6 Å². The van der Waals surface area contributed by atoms with Crippen molar-refractivity contribution in [3.05, 3.63) is 71.0 Å². The number of carbonyl (C=O) groups is 3. The maximum absolute atomic E-state index is 13.3. The van der Waals surface area contributed by atoms with Crippen LogP contribution in [0.1, 0.15) is 64.3 Å². The van der Waals surface area contributed by atoms with Crippen molar-refractivity contribution in [1.82, 2.24) is 15.5 Å². The van der Waals surface area contributed by atoms with E-state index in [0.717, 1.165) is 12.0 Å². The van der Waals surface area contributed by atoms with Gasteiger partial charge in [-0.05, 0) is 80.6 Å². The minimum atomic E-state index is -0.697. The summed E-state index contributed by atoms with van der Waals surface area (Å²) >= 11 is 0. The molecule has 1 saturated carbocycles. The molecule has 1 aliphatic heterocycles. The molecule has 0 spiro atoms. The SMILES string of the molecule is COC(=O)c1ccc(C(=O)N[C@@H](CCCN[C@@H]2C[C@H]2c2ccc(F)cc2)C(=O)N2CCC(O)CC2)cc1. The molecule has 4 rings (SSSR count). The topological polar surface area (TPSA) is 108 Å². The van der Waals surface area contributed by atoms with Gasteiger partial charge in [-0.2, -0.15) is 0 Å². The smallest absolute Gasteiger partial charge is 0.337 e. The molecule has 0 bridgehead atoms. The van der Waals surface area contributed by atoms with Gasteiger partial charge in [0.1, 0.15) is 11.9 Å². The standard InChI is InChI=1S/C28H34FN3O5/c1-37-28(36)20-6-4-19(5-7-20)26(34)31-24(27(35)32-15-12-22(33)13-16-32)3-2-14-30-25-17-23(25)18-8-10-21(29)11-9-18/h4-11,22-25,30,33H,2-3,12-17H2,1H3,(H,31,34)/t23-,24-,25+/m0/s1. The summed E-state index contributed by atoms with van der Waals surface area (Å²) in [7, 11) is 1.29. The van der Waals surface area contributed by atoms with E-state index in [9.17, 15) is 23.9 Å². The molecule has 2 aromatic carbocycles. The highest BCUT2D eigenvalue weighted by Crippen LogP contribution is 2.40. The Hall–Kier alpha value is -3.30. The molecule has 3 atom stereocenters. The van der Waals surface area contributed by atoms with Crippen molar-refractivity contribution in [2.24, 2.45) is 0 Å². The number of piperidine rings is 1. The Balaban J connectivity index is 1.32. The number of esters is 1. The lowest BCUT2D eigenvalue weighted by Gasteiger charge is -2.32. The average Bonchev–Trinajstić information content (AvgIpc) is 3.70. The largest absolute Gasteiger partial charge is 0.465 e. The van der Waals surface area contributed by atoms with Crippen molar-refractivity contribution in [3.63, 3.8) is 0 Å². The molecular formula is C28H34FN3O5. The highest BCUT2D eigenvalue weighted by atomic mass is 19.1. The van der Waals surface area contributed by atoms with Crippen LogP contribution in [-0.4, -0.2) is 72.7 Å². The molecule has 198 valence electrons. The predicted octanol–water partition coefficient (Wildman–Crippen LogP) is 2.62. The van der Waals surface area contributed by atoms with E-state index in [2.05, 4.69) is 10.6 Å². The van der Waals surface area contributed by atoms with Crippen molar-refractivity contribution in [3.8, 4) is 0 Å². The number of ether oxygens (including phenoxy) is 1. The van der Waals surface area contributed by atoms with E-state index in [-0.39, 0.29) is 11.7 Å². The van der Waals surface area contributed by atoms with Gasteiger partial charge in [0.25, 0.3) is 5.91 Å². The number of aliphatic hydroxyl groups is 1. The van der Waals surface area contributed by atoms with E-state index < -0.39 is 24.0 Å². The fourth-order valence-corrected chi connectivity index (χ4v) is 4.77. The number of hydrogen-bond acceptors (Lipinski definition) is 6. The first-order valence-electron chi connectivity index (χ1n) is 12.8. The quantitative estimate of drug-likeness (QED) is 0.334. The van der Waals surface area contributed by atoms with E-state index >= 15 is 0 Å². The average molecular weight is 512 g/mol. The van der Waals surface area contributed by atoms with Crippen molar-refractivity contribution < 1.29 is 28.6 Å². The number of methoxy groups -OCH3 is 1. The fraction of sp³-hybridized carbons (Fsp3) is 0.464. The van der Waals surface area contributed by atoms with Gasteiger partial charge < -0.3 is 25.4 Å². The van der Waals surface area contributed by atoms with Crippen LogP contribution in [0.5, 0.6) is 0 Å². The summed E-state index contributed by atoms with van der Waals surface area (Å²) in [5.74, 6) is -0.905. The highest BCUT2D eigenvalue weighted by Gasteiger charge is 2.37. The Kier molecular flexibility index (Phi) is 8.89. The molecule has 2 amide bonds. The Morgan fingerprint density at radius 3 is 2.35 bits per heavy atom. The summed E-state index contributed by atoms with van der Waals surface area (Å²) in [6.45, 7) is 1.61. The first kappa shape index (κ1) is 26.8. The molecule has 3 N–H and O–H groups in total. The number of nitrogens with one attached hydrogen (secondary N) is 2. The molecule has 2 fully saturated rings. The lowest BCUT2D eigenvalue weighted by atomic mass is 10.0. The minimum Gasteiger partial charge on any atom is -0.465 e. The van der Waals surface area contributed by atoms with Crippen molar-refractivity contribution in [1.29, 1.82) is 0 Å². The number of rotatable bonds is 10. The third-order valence-corrected chi connectivity index (χ3v) is 7.11. The molecule has 8 nitrogen and oxygen atoms in total. The van der Waals surface area contributed by atoms with E-state index in [1.165, 1.54) is 43.5 Å². The molecule has 0 aromatic heterocycles. The van der Waals surface area contributed by atoms with Gasteiger partial charge >= 0.3 is 5.97 Å². The summed E-state index contributed by atoms with van der Waals surface area (Å²) in [5, 5.41) is 16.2. The third kappa shape index (κ3) is 7.14. The van der Waals surface area contributed by atoms with E-state index in [0.29, 0.717) is 68.4 Å². The second-order valence-electron chi connectivity index (χ2n) is 9.75. The maximum Gasteiger partial charge on any atom is 0.337 e. The number of amides is 2. The van der Waals surface area contributed by atoms with Gasteiger partial charge in [-0.1, -0.05) is 12.1 Å². The zero-order chi connectivity index (χ0) is 26.4. The van der Waals surface area contributed by atoms with Gasteiger partial charge in [-0.3, -0.25) is 9.59 Å². The van der Waals surface area contributed by atoms with Crippen LogP contribution >= 0.6 is 0 Å². The van der Waals surface area contributed by atoms with Crippen molar-refractivity contribution in [2.45, 2.75) is 56.2 Å². The van der Waals surface area contributed by atoms with Gasteiger partial charge in [0.05, 0.1) is 18.8 Å². The number of benzene rings is 2. The molecule has 1 saturated heterocycles. The molecule has 9 heteroatoms. The van der Waals surface area contributed by atoms with Gasteiger partial charge in [0.15, 0.2) is 0 Å². The number of nitrogens with zero attached hydrogens (tertiary/aromatic N) is 1. The third-order valence-electron chi connectivity index (χ3n) is 7.11. The Morgan fingerprint density at radius 2 is 1.70 bits per heavy atom. The highest BCUT2D eigenvalue weighted by molar-refractivity contribution is 5.98. The number of likely N-dealkylation sites (tertiary alicyclic amines) is 1. The second kappa shape index (κ2) is 12.3. The lowest BCUT2D eigenvalue weighted by Crippen LogP contribution is -2.51. The first-order chi connectivity index (χ1) is 17.9. The normalized spacial score (nSPS) is 20.2. The van der Waals surface area contributed by atoms with Crippen LogP contribution in [0.25, 0.3) is 0 Å². The van der Waals surface area contributed by atoms with Crippen LogP contribution in [0, 0.1) is 5.82 Å². The molecule has 37 heavy (non-hydrogen) atoms. The van der Waals surface area contributed by atoms with Crippen molar-refractivity contribution >= 4 is 17.8 Å². The van der Waals surface area contributed by atoms with Crippen LogP contribution in [0.3, 0.4) is 0 Å². The van der Waals surface area contributed by atoms with Gasteiger partial charge in [0, 0.05) is 30.6 Å². The number of halogens is 1. The Morgan fingerprint density at radius 1 is 1.05 bits per heavy atom. The summed E-state index contributed by atoms with van der Waals surface area (Å²) in [6.07, 6.45) is 2.78. The summed E-state index contributed by atoms with van der Waals surface area (Å²) in [6, 6.07) is 12.3. The second-order valence-corrected chi connectivity index (χ2v) is 9.75.